The molecular formula is C10H15ClN2. The number of aryl methyl sites for hydroxylation is 1. The lowest BCUT2D eigenvalue weighted by molar-refractivity contribution is 0.743. The van der Waals surface area contributed by atoms with Crippen LogP contribution in [0, 0.1) is 6.92 Å². The van der Waals surface area contributed by atoms with Gasteiger partial charge in [-0.25, -0.2) is 4.98 Å². The molecule has 3 heteroatoms. The zero-order chi connectivity index (χ0) is 10.0. The Morgan fingerprint density at radius 3 is 2.54 bits per heavy atom. The number of hydrogen-bond donors (Lipinski definition) is 0. The summed E-state index contributed by atoms with van der Waals surface area (Å²) in [5.41, 5.74) is 1.09. The van der Waals surface area contributed by atoms with E-state index in [-0.39, 0.29) is 0 Å². The van der Waals surface area contributed by atoms with Crippen LogP contribution in [0.3, 0.4) is 0 Å². The fourth-order valence-corrected chi connectivity index (χ4v) is 1.38. The lowest BCUT2D eigenvalue weighted by Crippen LogP contribution is -2.26. The topological polar surface area (TPSA) is 16.1 Å². The van der Waals surface area contributed by atoms with Crippen molar-refractivity contribution in [1.82, 2.24) is 4.98 Å². The van der Waals surface area contributed by atoms with Crippen molar-refractivity contribution < 1.29 is 0 Å². The molecule has 1 heterocycles. The van der Waals surface area contributed by atoms with Gasteiger partial charge in [-0.15, -0.1) is 0 Å². The Morgan fingerprint density at radius 2 is 2.08 bits per heavy atom. The van der Waals surface area contributed by atoms with E-state index in [2.05, 4.69) is 23.7 Å². The second-order valence-electron chi connectivity index (χ2n) is 3.52. The minimum absolute atomic E-state index is 0.410. The summed E-state index contributed by atoms with van der Waals surface area (Å²) in [6.07, 6.45) is 1.83. The molecule has 72 valence electrons. The molecule has 0 atom stereocenters. The Morgan fingerprint density at radius 1 is 1.46 bits per heavy atom. The van der Waals surface area contributed by atoms with Gasteiger partial charge in [-0.2, -0.15) is 0 Å². The Kier molecular flexibility index (Phi) is 3.15. The number of pyridine rings is 1. The summed E-state index contributed by atoms with van der Waals surface area (Å²) in [4.78, 5) is 6.35. The minimum Gasteiger partial charge on any atom is -0.356 e. The monoisotopic (exact) mass is 198 g/mol. The van der Waals surface area contributed by atoms with Crippen molar-refractivity contribution in [1.29, 1.82) is 0 Å². The SMILES string of the molecule is Cc1cnc(N(C)C(C)C)c(Cl)c1. The third kappa shape index (κ3) is 2.34. The summed E-state index contributed by atoms with van der Waals surface area (Å²) >= 11 is 6.06. The molecular weight excluding hydrogens is 184 g/mol. The Bertz CT molecular complexity index is 297. The van der Waals surface area contributed by atoms with Crippen LogP contribution in [0.1, 0.15) is 19.4 Å². The van der Waals surface area contributed by atoms with Crippen molar-refractivity contribution in [2.75, 3.05) is 11.9 Å². The van der Waals surface area contributed by atoms with Crippen LogP contribution in [-0.2, 0) is 0 Å². The van der Waals surface area contributed by atoms with Crippen molar-refractivity contribution in [3.63, 3.8) is 0 Å². The number of hydrogen-bond acceptors (Lipinski definition) is 2. The fourth-order valence-electron chi connectivity index (χ4n) is 1.03. The average Bonchev–Trinajstić information content (AvgIpc) is 2.03. The molecule has 0 spiro atoms. The van der Waals surface area contributed by atoms with E-state index in [1.54, 1.807) is 0 Å². The van der Waals surface area contributed by atoms with Crippen LogP contribution >= 0.6 is 11.6 Å². The molecule has 0 aromatic carbocycles. The third-order valence-electron chi connectivity index (χ3n) is 2.07. The van der Waals surface area contributed by atoms with Gasteiger partial charge in [-0.05, 0) is 32.4 Å². The maximum Gasteiger partial charge on any atom is 0.147 e. The van der Waals surface area contributed by atoms with Crippen LogP contribution in [0.4, 0.5) is 5.82 Å². The number of aromatic nitrogens is 1. The van der Waals surface area contributed by atoms with Gasteiger partial charge in [0, 0.05) is 19.3 Å². The third-order valence-corrected chi connectivity index (χ3v) is 2.35. The summed E-state index contributed by atoms with van der Waals surface area (Å²) in [7, 11) is 1.99. The Hall–Kier alpha value is -0.760. The molecule has 0 amide bonds. The van der Waals surface area contributed by atoms with Crippen molar-refractivity contribution >= 4 is 17.4 Å². The largest absolute Gasteiger partial charge is 0.356 e. The summed E-state index contributed by atoms with van der Waals surface area (Å²) in [5, 5.41) is 0.719. The normalized spacial score (nSPS) is 10.6. The van der Waals surface area contributed by atoms with E-state index in [0.717, 1.165) is 16.4 Å². The van der Waals surface area contributed by atoms with Crippen molar-refractivity contribution in [2.24, 2.45) is 0 Å². The predicted octanol–water partition coefficient (Wildman–Crippen LogP) is 2.89. The summed E-state index contributed by atoms with van der Waals surface area (Å²) in [5.74, 6) is 0.849. The Labute approximate surface area is 84.5 Å². The second-order valence-corrected chi connectivity index (χ2v) is 3.93. The first-order valence-corrected chi connectivity index (χ1v) is 4.75. The molecule has 0 unspecified atom stereocenters. The van der Waals surface area contributed by atoms with E-state index in [4.69, 9.17) is 11.6 Å². The van der Waals surface area contributed by atoms with Crippen LogP contribution in [0.5, 0.6) is 0 Å². The van der Waals surface area contributed by atoms with Crippen LogP contribution in [0.25, 0.3) is 0 Å². The van der Waals surface area contributed by atoms with Gasteiger partial charge in [0.2, 0.25) is 0 Å². The van der Waals surface area contributed by atoms with Crippen molar-refractivity contribution in [3.05, 3.63) is 22.8 Å². The number of rotatable bonds is 2. The molecule has 2 nitrogen and oxygen atoms in total. The molecule has 13 heavy (non-hydrogen) atoms. The fraction of sp³-hybridized carbons (Fsp3) is 0.500. The van der Waals surface area contributed by atoms with Crippen LogP contribution in [-0.4, -0.2) is 18.1 Å². The maximum absolute atomic E-state index is 6.06. The zero-order valence-electron chi connectivity index (χ0n) is 8.50. The highest BCUT2D eigenvalue weighted by atomic mass is 35.5. The highest BCUT2D eigenvalue weighted by Gasteiger charge is 2.09. The van der Waals surface area contributed by atoms with E-state index < -0.39 is 0 Å². The van der Waals surface area contributed by atoms with Crippen LogP contribution in [0.2, 0.25) is 5.02 Å². The van der Waals surface area contributed by atoms with Crippen molar-refractivity contribution in [2.45, 2.75) is 26.8 Å². The molecule has 0 aliphatic heterocycles. The predicted molar refractivity (Wildman–Crippen MR) is 57.5 cm³/mol. The summed E-state index contributed by atoms with van der Waals surface area (Å²) < 4.78 is 0. The van der Waals surface area contributed by atoms with E-state index in [1.165, 1.54) is 0 Å². The summed E-state index contributed by atoms with van der Waals surface area (Å²) in [6, 6.07) is 2.34. The quantitative estimate of drug-likeness (QED) is 0.727. The molecule has 1 rings (SSSR count). The molecule has 0 saturated carbocycles. The van der Waals surface area contributed by atoms with Gasteiger partial charge in [0.15, 0.2) is 0 Å². The van der Waals surface area contributed by atoms with E-state index in [9.17, 15) is 0 Å². The van der Waals surface area contributed by atoms with Gasteiger partial charge in [0.1, 0.15) is 5.82 Å². The van der Waals surface area contributed by atoms with Gasteiger partial charge >= 0.3 is 0 Å². The second kappa shape index (κ2) is 3.97. The highest BCUT2D eigenvalue weighted by molar-refractivity contribution is 6.33. The van der Waals surface area contributed by atoms with Gasteiger partial charge in [-0.3, -0.25) is 0 Å². The highest BCUT2D eigenvalue weighted by Crippen LogP contribution is 2.23. The molecule has 0 fully saturated rings. The van der Waals surface area contributed by atoms with Crippen LogP contribution in [0.15, 0.2) is 12.3 Å². The standard InChI is InChI=1S/C10H15ClN2/c1-7(2)13(4)10-9(11)5-8(3)6-12-10/h5-7H,1-4H3. The molecule has 1 aromatic rings. The zero-order valence-corrected chi connectivity index (χ0v) is 9.26. The lowest BCUT2D eigenvalue weighted by Gasteiger charge is -2.23. The molecule has 0 N–H and O–H groups in total. The van der Waals surface area contributed by atoms with Crippen molar-refractivity contribution in [3.8, 4) is 0 Å². The molecule has 0 aliphatic rings. The van der Waals surface area contributed by atoms with Gasteiger partial charge < -0.3 is 4.90 Å². The average molecular weight is 199 g/mol. The number of nitrogens with zero attached hydrogens (tertiary/aromatic N) is 2. The maximum atomic E-state index is 6.06. The first-order chi connectivity index (χ1) is 6.02. The van der Waals surface area contributed by atoms with Crippen LogP contribution < -0.4 is 4.90 Å². The molecule has 1 aromatic heterocycles. The Balaban J connectivity index is 3.01. The smallest absolute Gasteiger partial charge is 0.147 e. The minimum atomic E-state index is 0.410. The van der Waals surface area contributed by atoms with Gasteiger partial charge in [0.25, 0.3) is 0 Å². The number of halogens is 1. The molecule has 0 radical (unpaired) electrons. The molecule has 0 saturated heterocycles. The summed E-state index contributed by atoms with van der Waals surface area (Å²) in [6.45, 7) is 6.20. The number of anilines is 1. The van der Waals surface area contributed by atoms with Gasteiger partial charge in [0.05, 0.1) is 5.02 Å². The van der Waals surface area contributed by atoms with E-state index in [0.29, 0.717) is 6.04 Å². The van der Waals surface area contributed by atoms with E-state index in [1.807, 2.05) is 26.2 Å². The molecule has 0 bridgehead atoms. The first-order valence-electron chi connectivity index (χ1n) is 4.37. The molecule has 0 aliphatic carbocycles. The lowest BCUT2D eigenvalue weighted by atomic mass is 10.3. The van der Waals surface area contributed by atoms with E-state index >= 15 is 0 Å². The van der Waals surface area contributed by atoms with Gasteiger partial charge in [-0.1, -0.05) is 11.6 Å². The first kappa shape index (κ1) is 10.3.